The number of aliphatic carboxylic acids is 1. The molecule has 98 valence electrons. The van der Waals surface area contributed by atoms with E-state index >= 15 is 0 Å². The van der Waals surface area contributed by atoms with Crippen LogP contribution in [-0.4, -0.2) is 72.4 Å². The predicted octanol–water partition coefficient (Wildman–Crippen LogP) is 0.255. The fourth-order valence-corrected chi connectivity index (χ4v) is 2.93. The van der Waals surface area contributed by atoms with Gasteiger partial charge in [-0.05, 0) is 20.4 Å². The van der Waals surface area contributed by atoms with Crippen molar-refractivity contribution in [3.05, 3.63) is 0 Å². The number of carbonyl (C=O) groups is 1. The summed E-state index contributed by atoms with van der Waals surface area (Å²) in [5.74, 6) is -0.732. The van der Waals surface area contributed by atoms with Gasteiger partial charge in [-0.25, -0.2) is 0 Å². The Bertz CT molecular complexity index is 275. The van der Waals surface area contributed by atoms with Crippen LogP contribution in [0.15, 0.2) is 0 Å². The molecule has 0 saturated carbocycles. The summed E-state index contributed by atoms with van der Waals surface area (Å²) in [5.41, 5.74) is 0. The second-order valence-electron chi connectivity index (χ2n) is 5.24. The molecule has 0 radical (unpaired) electrons. The van der Waals surface area contributed by atoms with Crippen LogP contribution >= 0.6 is 0 Å². The van der Waals surface area contributed by atoms with Gasteiger partial charge in [0, 0.05) is 31.2 Å². The standard InChI is InChI=1S/C12H22N2O3/c1-9-5-10(7-13(9)2)14-3-4-17-8-11(14)6-12(15)16/h9-11H,3-8H2,1-2H3,(H,15,16). The molecule has 0 amide bonds. The molecule has 3 atom stereocenters. The summed E-state index contributed by atoms with van der Waals surface area (Å²) in [7, 11) is 2.14. The highest BCUT2D eigenvalue weighted by Gasteiger charge is 2.36. The van der Waals surface area contributed by atoms with Crippen LogP contribution in [0.5, 0.6) is 0 Å². The Morgan fingerprint density at radius 3 is 2.88 bits per heavy atom. The highest BCUT2D eigenvalue weighted by Crippen LogP contribution is 2.24. The van der Waals surface area contributed by atoms with E-state index in [-0.39, 0.29) is 12.5 Å². The van der Waals surface area contributed by atoms with Crippen molar-refractivity contribution in [1.82, 2.24) is 9.80 Å². The van der Waals surface area contributed by atoms with Crippen LogP contribution in [-0.2, 0) is 9.53 Å². The van der Waals surface area contributed by atoms with Crippen LogP contribution < -0.4 is 0 Å². The van der Waals surface area contributed by atoms with Gasteiger partial charge in [0.1, 0.15) is 0 Å². The zero-order chi connectivity index (χ0) is 12.4. The van der Waals surface area contributed by atoms with Crippen molar-refractivity contribution < 1.29 is 14.6 Å². The molecule has 5 nitrogen and oxygen atoms in total. The van der Waals surface area contributed by atoms with Crippen molar-refractivity contribution in [3.8, 4) is 0 Å². The molecule has 0 aromatic rings. The lowest BCUT2D eigenvalue weighted by atomic mass is 10.1. The number of likely N-dealkylation sites (N-methyl/N-ethyl adjacent to an activating group) is 1. The molecule has 5 heteroatoms. The maximum atomic E-state index is 10.9. The van der Waals surface area contributed by atoms with Gasteiger partial charge in [-0.3, -0.25) is 9.69 Å². The third-order valence-corrected chi connectivity index (χ3v) is 4.02. The topological polar surface area (TPSA) is 53.0 Å². The molecule has 2 saturated heterocycles. The largest absolute Gasteiger partial charge is 0.481 e. The van der Waals surface area contributed by atoms with E-state index in [1.54, 1.807) is 0 Å². The van der Waals surface area contributed by atoms with Crippen LogP contribution in [0.4, 0.5) is 0 Å². The first-order valence-electron chi connectivity index (χ1n) is 6.33. The Morgan fingerprint density at radius 2 is 2.29 bits per heavy atom. The summed E-state index contributed by atoms with van der Waals surface area (Å²) in [4.78, 5) is 15.6. The van der Waals surface area contributed by atoms with Gasteiger partial charge in [-0.15, -0.1) is 0 Å². The van der Waals surface area contributed by atoms with Crippen LogP contribution in [0.2, 0.25) is 0 Å². The minimum atomic E-state index is -0.732. The number of carboxylic acids is 1. The molecular weight excluding hydrogens is 220 g/mol. The maximum Gasteiger partial charge on any atom is 0.305 e. The first-order chi connectivity index (χ1) is 8.08. The van der Waals surface area contributed by atoms with Crippen molar-refractivity contribution in [1.29, 1.82) is 0 Å². The Labute approximate surface area is 102 Å². The van der Waals surface area contributed by atoms with E-state index in [0.29, 0.717) is 18.7 Å². The minimum Gasteiger partial charge on any atom is -0.481 e. The zero-order valence-corrected chi connectivity index (χ0v) is 10.6. The third kappa shape index (κ3) is 2.97. The number of ether oxygens (including phenoxy) is 1. The molecule has 0 bridgehead atoms. The molecule has 0 spiro atoms. The van der Waals surface area contributed by atoms with E-state index in [2.05, 4.69) is 23.8 Å². The summed E-state index contributed by atoms with van der Waals surface area (Å²) in [5, 5.41) is 8.94. The van der Waals surface area contributed by atoms with E-state index < -0.39 is 5.97 Å². The number of carboxylic acid groups (broad SMARTS) is 1. The summed E-state index contributed by atoms with van der Waals surface area (Å²) in [6.45, 7) is 5.42. The average molecular weight is 242 g/mol. The predicted molar refractivity (Wildman–Crippen MR) is 64.1 cm³/mol. The average Bonchev–Trinajstić information content (AvgIpc) is 2.59. The normalized spacial score (nSPS) is 36.2. The van der Waals surface area contributed by atoms with Gasteiger partial charge in [-0.1, -0.05) is 0 Å². The SMILES string of the molecule is CC1CC(N2CCOCC2CC(=O)O)CN1C. The second kappa shape index (κ2) is 5.33. The smallest absolute Gasteiger partial charge is 0.305 e. The maximum absolute atomic E-state index is 10.9. The lowest BCUT2D eigenvalue weighted by Gasteiger charge is -2.39. The van der Waals surface area contributed by atoms with E-state index in [0.717, 1.165) is 26.1 Å². The van der Waals surface area contributed by atoms with Gasteiger partial charge in [0.05, 0.1) is 19.6 Å². The number of nitrogens with zero attached hydrogens (tertiary/aromatic N) is 2. The summed E-state index contributed by atoms with van der Waals surface area (Å²) < 4.78 is 5.41. The number of morpholine rings is 1. The molecule has 2 heterocycles. The van der Waals surface area contributed by atoms with E-state index in [1.165, 1.54) is 0 Å². The lowest BCUT2D eigenvalue weighted by molar-refractivity contribution is -0.140. The van der Waals surface area contributed by atoms with Crippen molar-refractivity contribution in [2.45, 2.75) is 37.9 Å². The van der Waals surface area contributed by atoms with Crippen LogP contribution in [0.1, 0.15) is 19.8 Å². The quantitative estimate of drug-likeness (QED) is 0.769. The Kier molecular flexibility index (Phi) is 4.01. The summed E-state index contributed by atoms with van der Waals surface area (Å²) >= 11 is 0. The molecule has 0 aromatic carbocycles. The van der Waals surface area contributed by atoms with Gasteiger partial charge >= 0.3 is 5.97 Å². The molecule has 1 N–H and O–H groups in total. The van der Waals surface area contributed by atoms with Gasteiger partial charge in [-0.2, -0.15) is 0 Å². The highest BCUT2D eigenvalue weighted by atomic mass is 16.5. The first-order valence-corrected chi connectivity index (χ1v) is 6.33. The number of hydrogen-bond acceptors (Lipinski definition) is 4. The van der Waals surface area contributed by atoms with Crippen molar-refractivity contribution in [2.24, 2.45) is 0 Å². The van der Waals surface area contributed by atoms with Gasteiger partial charge in [0.2, 0.25) is 0 Å². The molecule has 0 aromatic heterocycles. The Morgan fingerprint density at radius 1 is 1.53 bits per heavy atom. The summed E-state index contributed by atoms with van der Waals surface area (Å²) in [6, 6.07) is 1.13. The highest BCUT2D eigenvalue weighted by molar-refractivity contribution is 5.67. The van der Waals surface area contributed by atoms with Crippen LogP contribution in [0.25, 0.3) is 0 Å². The molecule has 17 heavy (non-hydrogen) atoms. The molecule has 0 aliphatic carbocycles. The second-order valence-corrected chi connectivity index (χ2v) is 5.24. The number of hydrogen-bond donors (Lipinski definition) is 1. The van der Waals surface area contributed by atoms with Crippen molar-refractivity contribution in [3.63, 3.8) is 0 Å². The van der Waals surface area contributed by atoms with Crippen molar-refractivity contribution >= 4 is 5.97 Å². The van der Waals surface area contributed by atoms with E-state index in [1.807, 2.05) is 0 Å². The van der Waals surface area contributed by atoms with Gasteiger partial charge in [0.25, 0.3) is 0 Å². The van der Waals surface area contributed by atoms with Crippen molar-refractivity contribution in [2.75, 3.05) is 33.4 Å². The Hall–Kier alpha value is -0.650. The molecule has 2 aliphatic heterocycles. The van der Waals surface area contributed by atoms with Crippen LogP contribution in [0.3, 0.4) is 0 Å². The van der Waals surface area contributed by atoms with Gasteiger partial charge < -0.3 is 14.7 Å². The number of likely N-dealkylation sites (tertiary alicyclic amines) is 1. The first kappa shape index (κ1) is 12.8. The molecule has 3 unspecified atom stereocenters. The zero-order valence-electron chi connectivity index (χ0n) is 10.6. The van der Waals surface area contributed by atoms with Gasteiger partial charge in [0.15, 0.2) is 0 Å². The van der Waals surface area contributed by atoms with Crippen LogP contribution in [0, 0.1) is 0 Å². The fraction of sp³-hybridized carbons (Fsp3) is 0.917. The van der Waals surface area contributed by atoms with E-state index in [4.69, 9.17) is 9.84 Å². The third-order valence-electron chi connectivity index (χ3n) is 4.02. The molecular formula is C12H22N2O3. The molecule has 2 aliphatic rings. The minimum absolute atomic E-state index is 0.0462. The Balaban J connectivity index is 1.99. The lowest BCUT2D eigenvalue weighted by Crippen LogP contribution is -2.52. The number of rotatable bonds is 3. The molecule has 2 rings (SSSR count). The fourth-order valence-electron chi connectivity index (χ4n) is 2.93. The molecule has 2 fully saturated rings. The monoisotopic (exact) mass is 242 g/mol. The summed E-state index contributed by atoms with van der Waals surface area (Å²) in [6.07, 6.45) is 1.32. The van der Waals surface area contributed by atoms with E-state index in [9.17, 15) is 4.79 Å².